The molecule has 1 saturated carbocycles. The molecule has 0 aliphatic heterocycles. The Hall–Kier alpha value is -3.55. The second-order valence-electron chi connectivity index (χ2n) is 8.34. The Bertz CT molecular complexity index is 1100. The zero-order chi connectivity index (χ0) is 23.4. The van der Waals surface area contributed by atoms with Crippen molar-refractivity contribution in [2.45, 2.75) is 44.8 Å². The summed E-state index contributed by atoms with van der Waals surface area (Å²) in [5, 5.41) is 7.69. The average molecular weight is 451 g/mol. The van der Waals surface area contributed by atoms with Crippen LogP contribution in [-0.2, 0) is 7.05 Å². The van der Waals surface area contributed by atoms with E-state index in [1.54, 1.807) is 32.0 Å². The maximum absolute atomic E-state index is 13.0. The number of ether oxygens (including phenoxy) is 3. The summed E-state index contributed by atoms with van der Waals surface area (Å²) in [7, 11) is 4.99. The second kappa shape index (κ2) is 9.94. The van der Waals surface area contributed by atoms with E-state index >= 15 is 0 Å². The number of aryl methyl sites for hydroxylation is 2. The van der Waals surface area contributed by atoms with E-state index in [1.165, 1.54) is 0 Å². The molecule has 2 aromatic heterocycles. The van der Waals surface area contributed by atoms with Crippen molar-refractivity contribution in [3.05, 3.63) is 53.9 Å². The molecule has 1 amide bonds. The Labute approximate surface area is 193 Å². The molecular formula is C25H30N4O4. The molecule has 174 valence electrons. The standard InChI is InChI=1S/C25H30N4O4/c1-16-5-12-24(26-15-16)33-18-8-6-17(7-9-18)27-25(30)22-14-21(28-29(22)2)20-13-19(31-3)10-11-23(20)32-4/h5,10-15,17-18H,6-9H2,1-4H3,(H,27,30). The molecule has 1 fully saturated rings. The first kappa shape index (κ1) is 22.6. The van der Waals surface area contributed by atoms with Crippen molar-refractivity contribution in [2.75, 3.05) is 14.2 Å². The van der Waals surface area contributed by atoms with Gasteiger partial charge in [-0.2, -0.15) is 5.10 Å². The van der Waals surface area contributed by atoms with Crippen molar-refractivity contribution in [1.82, 2.24) is 20.1 Å². The van der Waals surface area contributed by atoms with Gasteiger partial charge in [0.25, 0.3) is 5.91 Å². The maximum atomic E-state index is 13.0. The van der Waals surface area contributed by atoms with Gasteiger partial charge in [-0.1, -0.05) is 6.07 Å². The number of pyridine rings is 1. The van der Waals surface area contributed by atoms with Gasteiger partial charge in [0.15, 0.2) is 0 Å². The molecule has 3 aromatic rings. The molecule has 4 rings (SSSR count). The van der Waals surface area contributed by atoms with Crippen LogP contribution in [0.4, 0.5) is 0 Å². The first-order valence-corrected chi connectivity index (χ1v) is 11.1. The lowest BCUT2D eigenvalue weighted by Gasteiger charge is -2.29. The average Bonchev–Trinajstić information content (AvgIpc) is 3.23. The SMILES string of the molecule is COc1ccc(OC)c(-c2cc(C(=O)NC3CCC(Oc4ccc(C)cn4)CC3)n(C)n2)c1. The van der Waals surface area contributed by atoms with Crippen LogP contribution in [0.5, 0.6) is 17.4 Å². The molecular weight excluding hydrogens is 420 g/mol. The molecule has 1 aliphatic rings. The summed E-state index contributed by atoms with van der Waals surface area (Å²) in [4.78, 5) is 17.3. The third-order valence-corrected chi connectivity index (χ3v) is 5.98. The minimum atomic E-state index is -0.136. The van der Waals surface area contributed by atoms with Gasteiger partial charge in [0, 0.05) is 30.9 Å². The van der Waals surface area contributed by atoms with Crippen molar-refractivity contribution >= 4 is 5.91 Å². The molecule has 33 heavy (non-hydrogen) atoms. The summed E-state index contributed by atoms with van der Waals surface area (Å²) >= 11 is 0. The lowest BCUT2D eigenvalue weighted by molar-refractivity contribution is 0.0881. The van der Waals surface area contributed by atoms with Crippen LogP contribution in [0.1, 0.15) is 41.7 Å². The van der Waals surface area contributed by atoms with Gasteiger partial charge < -0.3 is 19.5 Å². The molecule has 8 heteroatoms. The minimum Gasteiger partial charge on any atom is -0.497 e. The van der Waals surface area contributed by atoms with Crippen LogP contribution in [-0.4, -0.2) is 47.0 Å². The Morgan fingerprint density at radius 1 is 1.06 bits per heavy atom. The Kier molecular flexibility index (Phi) is 6.82. The maximum Gasteiger partial charge on any atom is 0.269 e. The number of rotatable bonds is 7. The molecule has 1 aromatic carbocycles. The topological polar surface area (TPSA) is 87.5 Å². The number of aromatic nitrogens is 3. The van der Waals surface area contributed by atoms with Gasteiger partial charge in [-0.3, -0.25) is 9.48 Å². The largest absolute Gasteiger partial charge is 0.497 e. The van der Waals surface area contributed by atoms with E-state index in [0.717, 1.165) is 36.8 Å². The molecule has 1 N–H and O–H groups in total. The van der Waals surface area contributed by atoms with E-state index in [1.807, 2.05) is 43.5 Å². The normalized spacial score (nSPS) is 17.9. The molecule has 0 spiro atoms. The highest BCUT2D eigenvalue weighted by atomic mass is 16.5. The number of nitrogens with one attached hydrogen (secondary N) is 1. The van der Waals surface area contributed by atoms with Crippen LogP contribution in [0, 0.1) is 6.92 Å². The Morgan fingerprint density at radius 2 is 1.85 bits per heavy atom. The quantitative estimate of drug-likeness (QED) is 0.587. The van der Waals surface area contributed by atoms with Gasteiger partial charge >= 0.3 is 0 Å². The van der Waals surface area contributed by atoms with E-state index in [-0.39, 0.29) is 18.1 Å². The summed E-state index contributed by atoms with van der Waals surface area (Å²) in [5.41, 5.74) is 3.03. The molecule has 0 unspecified atom stereocenters. The fourth-order valence-corrected chi connectivity index (χ4v) is 4.10. The summed E-state index contributed by atoms with van der Waals surface area (Å²) in [6, 6.07) is 11.3. The Balaban J connectivity index is 1.38. The van der Waals surface area contributed by atoms with Crippen LogP contribution < -0.4 is 19.5 Å². The number of carbonyl (C=O) groups excluding carboxylic acids is 1. The number of hydrogen-bond acceptors (Lipinski definition) is 6. The van der Waals surface area contributed by atoms with Gasteiger partial charge in [-0.25, -0.2) is 4.98 Å². The van der Waals surface area contributed by atoms with Gasteiger partial charge in [0.05, 0.1) is 19.9 Å². The van der Waals surface area contributed by atoms with Crippen LogP contribution in [0.2, 0.25) is 0 Å². The third kappa shape index (κ3) is 5.27. The predicted octanol–water partition coefficient (Wildman–Crippen LogP) is 3.93. The van der Waals surface area contributed by atoms with Crippen LogP contribution in [0.15, 0.2) is 42.6 Å². The highest BCUT2D eigenvalue weighted by Crippen LogP contribution is 2.33. The first-order chi connectivity index (χ1) is 16.0. The molecule has 0 bridgehead atoms. The van der Waals surface area contributed by atoms with Crippen LogP contribution in [0.25, 0.3) is 11.3 Å². The number of methoxy groups -OCH3 is 2. The van der Waals surface area contributed by atoms with Crippen molar-refractivity contribution in [2.24, 2.45) is 7.05 Å². The van der Waals surface area contributed by atoms with Crippen molar-refractivity contribution in [1.29, 1.82) is 0 Å². The molecule has 1 aliphatic carbocycles. The molecule has 8 nitrogen and oxygen atoms in total. The number of nitrogens with zero attached hydrogens (tertiary/aromatic N) is 3. The van der Waals surface area contributed by atoms with Gasteiger partial charge in [0.1, 0.15) is 23.3 Å². The monoisotopic (exact) mass is 450 g/mol. The van der Waals surface area contributed by atoms with E-state index in [9.17, 15) is 4.79 Å². The van der Waals surface area contributed by atoms with E-state index in [4.69, 9.17) is 14.2 Å². The number of carbonyl (C=O) groups is 1. The van der Waals surface area contributed by atoms with E-state index < -0.39 is 0 Å². The minimum absolute atomic E-state index is 0.105. The summed E-state index contributed by atoms with van der Waals surface area (Å²) in [5.74, 6) is 1.88. The highest BCUT2D eigenvalue weighted by Gasteiger charge is 2.25. The van der Waals surface area contributed by atoms with Gasteiger partial charge in [-0.15, -0.1) is 0 Å². The van der Waals surface area contributed by atoms with E-state index in [2.05, 4.69) is 15.4 Å². The fraction of sp³-hybridized carbons (Fsp3) is 0.400. The third-order valence-electron chi connectivity index (χ3n) is 5.98. The lowest BCUT2D eigenvalue weighted by atomic mass is 9.93. The summed E-state index contributed by atoms with van der Waals surface area (Å²) < 4.78 is 18.4. The van der Waals surface area contributed by atoms with Gasteiger partial charge in [-0.05, 0) is 62.4 Å². The summed E-state index contributed by atoms with van der Waals surface area (Å²) in [6.07, 6.45) is 5.39. The summed E-state index contributed by atoms with van der Waals surface area (Å²) in [6.45, 7) is 2.00. The van der Waals surface area contributed by atoms with Crippen LogP contribution >= 0.6 is 0 Å². The molecule has 0 atom stereocenters. The molecule has 0 saturated heterocycles. The molecule has 2 heterocycles. The highest BCUT2D eigenvalue weighted by molar-refractivity contribution is 5.94. The zero-order valence-corrected chi connectivity index (χ0v) is 19.5. The smallest absolute Gasteiger partial charge is 0.269 e. The first-order valence-electron chi connectivity index (χ1n) is 11.1. The van der Waals surface area contributed by atoms with Gasteiger partial charge in [0.2, 0.25) is 5.88 Å². The zero-order valence-electron chi connectivity index (χ0n) is 19.5. The van der Waals surface area contributed by atoms with Crippen molar-refractivity contribution in [3.8, 4) is 28.6 Å². The number of hydrogen-bond donors (Lipinski definition) is 1. The van der Waals surface area contributed by atoms with E-state index in [0.29, 0.717) is 28.8 Å². The van der Waals surface area contributed by atoms with Crippen molar-refractivity contribution in [3.63, 3.8) is 0 Å². The lowest BCUT2D eigenvalue weighted by Crippen LogP contribution is -2.40. The van der Waals surface area contributed by atoms with Crippen molar-refractivity contribution < 1.29 is 19.0 Å². The number of benzene rings is 1. The molecule has 0 radical (unpaired) electrons. The fourth-order valence-electron chi connectivity index (χ4n) is 4.10. The second-order valence-corrected chi connectivity index (χ2v) is 8.34. The predicted molar refractivity (Wildman–Crippen MR) is 125 cm³/mol. The van der Waals surface area contributed by atoms with Crippen LogP contribution in [0.3, 0.4) is 0 Å². The number of amides is 1. The Morgan fingerprint density at radius 3 is 2.52 bits per heavy atom.